The maximum absolute atomic E-state index is 11.7. The molecule has 102 valence electrons. The van der Waals surface area contributed by atoms with Crippen LogP contribution in [0, 0.1) is 0 Å². The molecule has 0 aromatic heterocycles. The molecule has 1 N–H and O–H groups in total. The summed E-state index contributed by atoms with van der Waals surface area (Å²) in [5.74, 6) is 0.216. The van der Waals surface area contributed by atoms with Gasteiger partial charge in [-0.2, -0.15) is 0 Å². The van der Waals surface area contributed by atoms with Crippen LogP contribution in [0.2, 0.25) is 0 Å². The summed E-state index contributed by atoms with van der Waals surface area (Å²) >= 11 is 0. The largest absolute Gasteiger partial charge is 0.370 e. The lowest BCUT2D eigenvalue weighted by Crippen LogP contribution is -2.34. The number of rotatable bonds is 2. The lowest BCUT2D eigenvalue weighted by molar-refractivity contribution is -0.118. The number of hydrogen-bond donors (Lipinski definition) is 1. The summed E-state index contributed by atoms with van der Waals surface area (Å²) in [7, 11) is 4.03. The van der Waals surface area contributed by atoms with Gasteiger partial charge in [-0.3, -0.25) is 4.79 Å². The first kappa shape index (κ1) is 12.5. The molecule has 1 saturated heterocycles. The summed E-state index contributed by atoms with van der Waals surface area (Å²) in [4.78, 5) is 15.8. The molecule has 4 nitrogen and oxygen atoms in total. The van der Waals surface area contributed by atoms with E-state index in [0.717, 1.165) is 25.2 Å². The lowest BCUT2D eigenvalue weighted by atomic mass is 10.0. The number of nitrogens with one attached hydrogen (secondary N) is 1. The molecular weight excluding hydrogens is 238 g/mol. The van der Waals surface area contributed by atoms with Crippen molar-refractivity contribution in [3.63, 3.8) is 0 Å². The maximum atomic E-state index is 11.7. The second kappa shape index (κ2) is 4.85. The van der Waals surface area contributed by atoms with Crippen molar-refractivity contribution in [1.29, 1.82) is 0 Å². The van der Waals surface area contributed by atoms with Crippen LogP contribution in [0.3, 0.4) is 0 Å². The van der Waals surface area contributed by atoms with Gasteiger partial charge in [-0.25, -0.2) is 0 Å². The van der Waals surface area contributed by atoms with Gasteiger partial charge in [-0.05, 0) is 43.1 Å². The van der Waals surface area contributed by atoms with E-state index >= 15 is 0 Å². The number of nitrogens with zero attached hydrogens (tertiary/aromatic N) is 2. The van der Waals surface area contributed by atoms with Crippen LogP contribution in [0.4, 0.5) is 11.4 Å². The highest BCUT2D eigenvalue weighted by molar-refractivity contribution is 5.96. The molecule has 4 heteroatoms. The third-order valence-electron chi connectivity index (χ3n) is 4.40. The van der Waals surface area contributed by atoms with Gasteiger partial charge in [-0.1, -0.05) is 0 Å². The fourth-order valence-electron chi connectivity index (χ4n) is 3.04. The van der Waals surface area contributed by atoms with Crippen molar-refractivity contribution >= 4 is 17.3 Å². The third kappa shape index (κ3) is 2.21. The van der Waals surface area contributed by atoms with Crippen molar-refractivity contribution in [1.82, 2.24) is 5.32 Å². The highest BCUT2D eigenvalue weighted by atomic mass is 16.2. The van der Waals surface area contributed by atoms with Crippen LogP contribution in [0.25, 0.3) is 0 Å². The molecule has 3 rings (SSSR count). The first-order chi connectivity index (χ1) is 9.16. The molecule has 0 radical (unpaired) electrons. The average molecular weight is 259 g/mol. The molecule has 2 heterocycles. The zero-order chi connectivity index (χ0) is 13.4. The van der Waals surface area contributed by atoms with E-state index in [4.69, 9.17) is 0 Å². The average Bonchev–Trinajstić information content (AvgIpc) is 2.96. The second-order valence-corrected chi connectivity index (χ2v) is 5.52. The molecule has 1 amide bonds. The summed E-state index contributed by atoms with van der Waals surface area (Å²) in [6.07, 6.45) is 2.69. The standard InChI is InChI=1S/C15H21N3O/c1-17(13-7-8-16-10-13)12-4-5-14-11(9-12)3-6-15(19)18(14)2/h4-5,9,13,16H,3,6-8,10H2,1-2H3. The highest BCUT2D eigenvalue weighted by Gasteiger charge is 2.23. The van der Waals surface area contributed by atoms with Crippen LogP contribution in [0.5, 0.6) is 0 Å². The minimum absolute atomic E-state index is 0.216. The van der Waals surface area contributed by atoms with E-state index in [0.29, 0.717) is 12.5 Å². The van der Waals surface area contributed by atoms with Gasteiger partial charge in [0.25, 0.3) is 0 Å². The van der Waals surface area contributed by atoms with E-state index in [-0.39, 0.29) is 5.91 Å². The van der Waals surface area contributed by atoms with Gasteiger partial charge in [0.15, 0.2) is 0 Å². The zero-order valence-electron chi connectivity index (χ0n) is 11.6. The van der Waals surface area contributed by atoms with E-state index in [1.165, 1.54) is 17.7 Å². The summed E-state index contributed by atoms with van der Waals surface area (Å²) in [5, 5.41) is 3.40. The predicted molar refractivity (Wildman–Crippen MR) is 77.9 cm³/mol. The Hall–Kier alpha value is -1.55. The molecule has 0 spiro atoms. The van der Waals surface area contributed by atoms with Gasteiger partial charge in [0.05, 0.1) is 0 Å². The van der Waals surface area contributed by atoms with Crippen molar-refractivity contribution in [2.24, 2.45) is 0 Å². The number of amides is 1. The van der Waals surface area contributed by atoms with Crippen LogP contribution in [0.1, 0.15) is 18.4 Å². The van der Waals surface area contributed by atoms with Gasteiger partial charge < -0.3 is 15.1 Å². The van der Waals surface area contributed by atoms with Crippen molar-refractivity contribution in [2.75, 3.05) is 37.0 Å². The maximum Gasteiger partial charge on any atom is 0.227 e. The fraction of sp³-hybridized carbons (Fsp3) is 0.533. The van der Waals surface area contributed by atoms with E-state index in [9.17, 15) is 4.79 Å². The molecule has 0 saturated carbocycles. The van der Waals surface area contributed by atoms with Crippen LogP contribution in [-0.2, 0) is 11.2 Å². The molecule has 1 unspecified atom stereocenters. The summed E-state index contributed by atoms with van der Waals surface area (Å²) in [6.45, 7) is 2.17. The van der Waals surface area contributed by atoms with Gasteiger partial charge in [-0.15, -0.1) is 0 Å². The SMILES string of the molecule is CN1C(=O)CCc2cc(N(C)C3CCNC3)ccc21. The topological polar surface area (TPSA) is 35.6 Å². The van der Waals surface area contributed by atoms with Crippen LogP contribution in [-0.4, -0.2) is 39.1 Å². The van der Waals surface area contributed by atoms with E-state index in [1.807, 2.05) is 7.05 Å². The Morgan fingerprint density at radius 1 is 1.37 bits per heavy atom. The lowest BCUT2D eigenvalue weighted by Gasteiger charge is -2.30. The smallest absolute Gasteiger partial charge is 0.227 e. The molecule has 1 fully saturated rings. The molecule has 1 atom stereocenters. The number of fused-ring (bicyclic) bond motifs is 1. The second-order valence-electron chi connectivity index (χ2n) is 5.52. The van der Waals surface area contributed by atoms with Crippen LogP contribution < -0.4 is 15.1 Å². The Morgan fingerprint density at radius 2 is 2.21 bits per heavy atom. The van der Waals surface area contributed by atoms with Crippen molar-refractivity contribution in [2.45, 2.75) is 25.3 Å². The Labute approximate surface area is 114 Å². The van der Waals surface area contributed by atoms with Crippen LogP contribution >= 0.6 is 0 Å². The van der Waals surface area contributed by atoms with Gasteiger partial charge >= 0.3 is 0 Å². The van der Waals surface area contributed by atoms with Gasteiger partial charge in [0.1, 0.15) is 0 Å². The predicted octanol–water partition coefficient (Wildman–Crippen LogP) is 1.39. The molecule has 1 aromatic rings. The van der Waals surface area contributed by atoms with E-state index < -0.39 is 0 Å². The number of hydrogen-bond acceptors (Lipinski definition) is 3. The summed E-state index contributed by atoms with van der Waals surface area (Å²) in [5.41, 5.74) is 3.62. The molecule has 2 aliphatic heterocycles. The number of carbonyl (C=O) groups is 1. The first-order valence-corrected chi connectivity index (χ1v) is 7.00. The Morgan fingerprint density at radius 3 is 2.95 bits per heavy atom. The number of carbonyl (C=O) groups excluding carboxylic acids is 1. The minimum atomic E-state index is 0.216. The quantitative estimate of drug-likeness (QED) is 0.872. The molecule has 2 aliphatic rings. The Balaban J connectivity index is 1.87. The first-order valence-electron chi connectivity index (χ1n) is 7.00. The Kier molecular flexibility index (Phi) is 3.19. The molecule has 0 bridgehead atoms. The fourth-order valence-corrected chi connectivity index (χ4v) is 3.04. The summed E-state index contributed by atoms with van der Waals surface area (Å²) in [6, 6.07) is 7.05. The van der Waals surface area contributed by atoms with Gasteiger partial charge in [0.2, 0.25) is 5.91 Å². The van der Waals surface area contributed by atoms with Crippen molar-refractivity contribution in [3.05, 3.63) is 23.8 Å². The number of benzene rings is 1. The normalized spacial score (nSPS) is 22.5. The Bertz CT molecular complexity index is 494. The molecule has 1 aromatic carbocycles. The summed E-state index contributed by atoms with van der Waals surface area (Å²) < 4.78 is 0. The highest BCUT2D eigenvalue weighted by Crippen LogP contribution is 2.31. The van der Waals surface area contributed by atoms with E-state index in [1.54, 1.807) is 4.90 Å². The minimum Gasteiger partial charge on any atom is -0.370 e. The number of anilines is 2. The third-order valence-corrected chi connectivity index (χ3v) is 4.40. The molecular formula is C15H21N3O. The van der Waals surface area contributed by atoms with Crippen molar-refractivity contribution in [3.8, 4) is 0 Å². The van der Waals surface area contributed by atoms with Crippen LogP contribution in [0.15, 0.2) is 18.2 Å². The monoisotopic (exact) mass is 259 g/mol. The van der Waals surface area contributed by atoms with Gasteiger partial charge in [0, 0.05) is 44.5 Å². The number of likely N-dealkylation sites (N-methyl/N-ethyl adjacent to an activating group) is 1. The molecule has 0 aliphatic carbocycles. The molecule has 19 heavy (non-hydrogen) atoms. The van der Waals surface area contributed by atoms with E-state index in [2.05, 4.69) is 35.5 Å². The zero-order valence-corrected chi connectivity index (χ0v) is 11.6. The number of aryl methyl sites for hydroxylation is 1. The van der Waals surface area contributed by atoms with Crippen molar-refractivity contribution < 1.29 is 4.79 Å².